The number of nitrogen functional groups attached to an aromatic ring is 1. The molecule has 1 aliphatic carbocycles. The first-order chi connectivity index (χ1) is 12.2. The second-order valence-electron chi connectivity index (χ2n) is 8.40. The van der Waals surface area contributed by atoms with E-state index in [1.807, 2.05) is 12.1 Å². The van der Waals surface area contributed by atoms with Crippen molar-refractivity contribution in [2.24, 2.45) is 5.92 Å². The molecule has 3 aliphatic rings. The van der Waals surface area contributed by atoms with Crippen molar-refractivity contribution in [3.05, 3.63) is 36.9 Å². The van der Waals surface area contributed by atoms with E-state index in [1.54, 1.807) is 0 Å². The van der Waals surface area contributed by atoms with E-state index >= 15 is 0 Å². The highest BCUT2D eigenvalue weighted by Crippen LogP contribution is 2.41. The molecule has 3 nitrogen and oxygen atoms in total. The average Bonchev–Trinajstić information content (AvgIpc) is 2.63. The summed E-state index contributed by atoms with van der Waals surface area (Å²) in [6.07, 6.45) is 14.3. The maximum Gasteiger partial charge on any atom is 0.0576 e. The summed E-state index contributed by atoms with van der Waals surface area (Å²) in [6.45, 7) is 4.06. The van der Waals surface area contributed by atoms with Gasteiger partial charge in [-0.3, -0.25) is 4.90 Å². The Morgan fingerprint density at radius 1 is 0.960 bits per heavy atom. The summed E-state index contributed by atoms with van der Waals surface area (Å²) >= 11 is 0. The fraction of sp³-hybridized carbons (Fsp3) is 0.636. The zero-order valence-corrected chi connectivity index (χ0v) is 15.4. The third kappa shape index (κ3) is 3.57. The van der Waals surface area contributed by atoms with Gasteiger partial charge in [-0.25, -0.2) is 0 Å². The highest BCUT2D eigenvalue weighted by molar-refractivity contribution is 5.66. The zero-order chi connectivity index (χ0) is 17.2. The molecule has 3 fully saturated rings. The van der Waals surface area contributed by atoms with Crippen LogP contribution in [0.15, 0.2) is 36.9 Å². The van der Waals surface area contributed by atoms with Crippen molar-refractivity contribution in [3.63, 3.8) is 0 Å². The van der Waals surface area contributed by atoms with Crippen LogP contribution in [-0.2, 0) is 0 Å². The van der Waals surface area contributed by atoms with Crippen LogP contribution >= 0.6 is 0 Å². The van der Waals surface area contributed by atoms with Crippen molar-refractivity contribution < 1.29 is 0 Å². The molecule has 3 N–H and O–H groups in total. The SMILES string of the molecule is C=CC1CCC[C@H](N2[C@@H]3CCC[C@H]2C[C@@H](Nc2ccccc2N)C3)C1. The van der Waals surface area contributed by atoms with Gasteiger partial charge in [0.2, 0.25) is 0 Å². The first-order valence-electron chi connectivity index (χ1n) is 10.3. The molecule has 2 bridgehead atoms. The Morgan fingerprint density at radius 2 is 1.60 bits per heavy atom. The minimum absolute atomic E-state index is 0.565. The molecule has 2 aliphatic heterocycles. The highest BCUT2D eigenvalue weighted by atomic mass is 15.2. The number of nitrogens with one attached hydrogen (secondary N) is 1. The molecule has 2 saturated heterocycles. The third-order valence-electron chi connectivity index (χ3n) is 6.79. The Kier molecular flexibility index (Phi) is 5.03. The summed E-state index contributed by atoms with van der Waals surface area (Å²) in [7, 11) is 0. The van der Waals surface area contributed by atoms with Crippen LogP contribution in [0, 0.1) is 5.92 Å². The summed E-state index contributed by atoms with van der Waals surface area (Å²) in [4.78, 5) is 2.94. The lowest BCUT2D eigenvalue weighted by molar-refractivity contribution is -0.0191. The fourth-order valence-corrected chi connectivity index (χ4v) is 5.67. The van der Waals surface area contributed by atoms with Crippen LogP contribution < -0.4 is 11.1 Å². The van der Waals surface area contributed by atoms with E-state index < -0.39 is 0 Å². The van der Waals surface area contributed by atoms with Gasteiger partial charge < -0.3 is 11.1 Å². The fourth-order valence-electron chi connectivity index (χ4n) is 5.67. The number of piperidine rings is 2. The topological polar surface area (TPSA) is 41.3 Å². The molecular weight excluding hydrogens is 306 g/mol. The normalized spacial score (nSPS) is 35.9. The molecule has 3 heteroatoms. The smallest absolute Gasteiger partial charge is 0.0576 e. The molecule has 4 rings (SSSR count). The van der Waals surface area contributed by atoms with E-state index in [0.29, 0.717) is 6.04 Å². The Labute approximate surface area is 152 Å². The monoisotopic (exact) mass is 339 g/mol. The van der Waals surface area contributed by atoms with E-state index in [1.165, 1.54) is 57.8 Å². The highest BCUT2D eigenvalue weighted by Gasteiger charge is 2.42. The molecule has 0 amide bonds. The number of hydrogen-bond acceptors (Lipinski definition) is 3. The minimum Gasteiger partial charge on any atom is -0.397 e. The maximum atomic E-state index is 6.15. The number of anilines is 2. The van der Waals surface area contributed by atoms with E-state index in [2.05, 4.69) is 35.0 Å². The van der Waals surface area contributed by atoms with E-state index in [4.69, 9.17) is 5.73 Å². The summed E-state index contributed by atoms with van der Waals surface area (Å²) in [5.41, 5.74) is 8.13. The molecular formula is C22H33N3. The van der Waals surface area contributed by atoms with Crippen LogP contribution in [0.5, 0.6) is 0 Å². The summed E-state index contributed by atoms with van der Waals surface area (Å²) in [6, 6.07) is 11.1. The van der Waals surface area contributed by atoms with Crippen LogP contribution in [0.4, 0.5) is 11.4 Å². The predicted molar refractivity (Wildman–Crippen MR) is 107 cm³/mol. The Bertz CT molecular complexity index is 585. The molecule has 0 aromatic heterocycles. The number of nitrogens with zero attached hydrogens (tertiary/aromatic N) is 1. The van der Waals surface area contributed by atoms with Gasteiger partial charge in [0, 0.05) is 24.2 Å². The number of benzene rings is 1. The molecule has 25 heavy (non-hydrogen) atoms. The van der Waals surface area contributed by atoms with E-state index in [9.17, 15) is 0 Å². The second-order valence-corrected chi connectivity index (χ2v) is 8.40. The predicted octanol–water partition coefficient (Wildman–Crippen LogP) is 4.81. The molecule has 0 spiro atoms. The molecule has 1 aromatic rings. The van der Waals surface area contributed by atoms with Gasteiger partial charge in [-0.1, -0.05) is 31.1 Å². The lowest BCUT2D eigenvalue weighted by Crippen LogP contribution is -2.59. The number of hydrogen-bond donors (Lipinski definition) is 2. The number of fused-ring (bicyclic) bond motifs is 2. The summed E-state index contributed by atoms with van der Waals surface area (Å²) in [5.74, 6) is 0.736. The van der Waals surface area contributed by atoms with Crippen molar-refractivity contribution in [2.45, 2.75) is 82.0 Å². The average molecular weight is 340 g/mol. The van der Waals surface area contributed by atoms with Gasteiger partial charge >= 0.3 is 0 Å². The van der Waals surface area contributed by atoms with Crippen molar-refractivity contribution in [1.29, 1.82) is 0 Å². The number of para-hydroxylation sites is 2. The largest absolute Gasteiger partial charge is 0.397 e. The van der Waals surface area contributed by atoms with Crippen molar-refractivity contribution in [2.75, 3.05) is 11.1 Å². The molecule has 2 heterocycles. The van der Waals surface area contributed by atoms with Crippen LogP contribution in [0.2, 0.25) is 0 Å². The van der Waals surface area contributed by atoms with Crippen LogP contribution in [-0.4, -0.2) is 29.1 Å². The third-order valence-corrected chi connectivity index (χ3v) is 6.79. The standard InChI is InChI=1S/C22H33N3/c1-2-16-7-5-8-18(13-16)25-19-9-6-10-20(25)15-17(14-19)24-22-12-4-3-11-21(22)23/h2-4,11-12,16-20,24H,1,5-10,13-15,23H2/t16?,17-,18-,19+,20-/m0/s1. The van der Waals surface area contributed by atoms with E-state index in [-0.39, 0.29) is 0 Å². The molecule has 5 atom stereocenters. The van der Waals surface area contributed by atoms with Gasteiger partial charge in [-0.2, -0.15) is 0 Å². The van der Waals surface area contributed by atoms with Gasteiger partial charge in [0.15, 0.2) is 0 Å². The molecule has 1 aromatic carbocycles. The number of allylic oxidation sites excluding steroid dienone is 1. The van der Waals surface area contributed by atoms with Gasteiger partial charge in [0.05, 0.1) is 11.4 Å². The number of nitrogens with two attached hydrogens (primary N) is 1. The molecule has 1 saturated carbocycles. The molecule has 136 valence electrons. The minimum atomic E-state index is 0.565. The lowest BCUT2D eigenvalue weighted by atomic mass is 9.76. The van der Waals surface area contributed by atoms with Crippen molar-refractivity contribution >= 4 is 11.4 Å². The zero-order valence-electron chi connectivity index (χ0n) is 15.4. The van der Waals surface area contributed by atoms with Gasteiger partial charge in [0.25, 0.3) is 0 Å². The van der Waals surface area contributed by atoms with Gasteiger partial charge in [-0.15, -0.1) is 6.58 Å². The Balaban J connectivity index is 1.45. The van der Waals surface area contributed by atoms with E-state index in [0.717, 1.165) is 35.4 Å². The maximum absolute atomic E-state index is 6.15. The van der Waals surface area contributed by atoms with Crippen LogP contribution in [0.25, 0.3) is 0 Å². The summed E-state index contributed by atoms with van der Waals surface area (Å²) < 4.78 is 0. The Morgan fingerprint density at radius 3 is 2.28 bits per heavy atom. The van der Waals surface area contributed by atoms with Crippen molar-refractivity contribution in [1.82, 2.24) is 4.90 Å². The Hall–Kier alpha value is -1.48. The van der Waals surface area contributed by atoms with Gasteiger partial charge in [-0.05, 0) is 63.0 Å². The quantitative estimate of drug-likeness (QED) is 0.611. The molecule has 1 unspecified atom stereocenters. The van der Waals surface area contributed by atoms with Crippen LogP contribution in [0.3, 0.4) is 0 Å². The van der Waals surface area contributed by atoms with Crippen LogP contribution in [0.1, 0.15) is 57.8 Å². The summed E-state index contributed by atoms with van der Waals surface area (Å²) in [5, 5.41) is 3.75. The first-order valence-corrected chi connectivity index (χ1v) is 10.3. The first kappa shape index (κ1) is 17.0. The van der Waals surface area contributed by atoms with Crippen molar-refractivity contribution in [3.8, 4) is 0 Å². The van der Waals surface area contributed by atoms with Gasteiger partial charge in [0.1, 0.15) is 0 Å². The molecule has 0 radical (unpaired) electrons. The number of rotatable bonds is 4. The second kappa shape index (κ2) is 7.41. The lowest BCUT2D eigenvalue weighted by Gasteiger charge is -2.54.